The number of anilines is 1. The number of aromatic nitrogens is 3. The van der Waals surface area contributed by atoms with E-state index in [1.807, 2.05) is 6.92 Å². The molecule has 1 amide bonds. The van der Waals surface area contributed by atoms with Crippen molar-refractivity contribution in [2.24, 2.45) is 0 Å². The van der Waals surface area contributed by atoms with Gasteiger partial charge in [-0.3, -0.25) is 10.1 Å². The lowest BCUT2D eigenvalue weighted by molar-refractivity contribution is 0.0916. The number of nitrogens with zero attached hydrogens (tertiary/aromatic N) is 4. The number of thiazole rings is 1. The molecular weight excluding hydrogens is 458 g/mol. The number of hydrogen-bond acceptors (Lipinski definition) is 10. The first-order valence-electron chi connectivity index (χ1n) is 10.1. The number of hydrogen-bond donors (Lipinski definition) is 1. The van der Waals surface area contributed by atoms with Crippen LogP contribution in [-0.4, -0.2) is 40.9 Å². The molecule has 11 heteroatoms. The molecule has 10 nitrogen and oxygen atoms in total. The van der Waals surface area contributed by atoms with Gasteiger partial charge in [-0.2, -0.15) is 5.26 Å². The Labute approximate surface area is 198 Å². The lowest BCUT2D eigenvalue weighted by Crippen LogP contribution is -2.18. The Bertz CT molecular complexity index is 1320. The fraction of sp³-hybridized carbons (Fsp3) is 0.174. The Morgan fingerprint density at radius 1 is 1.21 bits per heavy atom. The molecule has 0 radical (unpaired) electrons. The minimum atomic E-state index is -0.353. The van der Waals surface area contributed by atoms with Crippen LogP contribution in [0.3, 0.4) is 0 Å². The molecule has 4 rings (SSSR count). The zero-order chi connectivity index (χ0) is 23.9. The fourth-order valence-corrected chi connectivity index (χ4v) is 3.52. The maximum atomic E-state index is 12.8. The number of rotatable bonds is 9. The maximum absolute atomic E-state index is 12.8. The molecule has 0 fully saturated rings. The van der Waals surface area contributed by atoms with Gasteiger partial charge in [0.05, 0.1) is 6.61 Å². The average molecular weight is 478 g/mol. The van der Waals surface area contributed by atoms with Crippen LogP contribution in [0.15, 0.2) is 58.5 Å². The smallest absolute Gasteiger partial charge is 0.321 e. The molecule has 0 aliphatic heterocycles. The van der Waals surface area contributed by atoms with E-state index >= 15 is 0 Å². The van der Waals surface area contributed by atoms with Gasteiger partial charge in [-0.05, 0) is 37.3 Å². The van der Waals surface area contributed by atoms with Crippen molar-refractivity contribution >= 4 is 22.4 Å². The van der Waals surface area contributed by atoms with Crippen molar-refractivity contribution < 1.29 is 23.4 Å². The summed E-state index contributed by atoms with van der Waals surface area (Å²) >= 11 is 1.31. The highest BCUT2D eigenvalue weighted by molar-refractivity contribution is 7.13. The summed E-state index contributed by atoms with van der Waals surface area (Å²) in [6.07, 6.45) is 1.36. The normalized spacial score (nSPS) is 11.4. The quantitative estimate of drug-likeness (QED) is 0.369. The summed E-state index contributed by atoms with van der Waals surface area (Å²) in [7, 11) is 1.59. The summed E-state index contributed by atoms with van der Waals surface area (Å²) in [6, 6.07) is 13.6. The molecule has 2 aromatic carbocycles. The Morgan fingerprint density at radius 3 is 2.79 bits per heavy atom. The Morgan fingerprint density at radius 2 is 2.06 bits per heavy atom. The Hall–Kier alpha value is -4.27. The third-order valence-electron chi connectivity index (χ3n) is 4.37. The van der Waals surface area contributed by atoms with E-state index in [1.54, 1.807) is 67.2 Å². The van der Waals surface area contributed by atoms with Crippen molar-refractivity contribution in [3.63, 3.8) is 0 Å². The molecule has 1 atom stereocenters. The van der Waals surface area contributed by atoms with Crippen LogP contribution in [0.5, 0.6) is 17.2 Å². The van der Waals surface area contributed by atoms with Crippen LogP contribution < -0.4 is 14.8 Å². The van der Waals surface area contributed by atoms with Crippen LogP contribution in [0.4, 0.5) is 5.13 Å². The maximum Gasteiger partial charge on any atom is 0.321 e. The van der Waals surface area contributed by atoms with E-state index in [1.165, 1.54) is 11.3 Å². The highest BCUT2D eigenvalue weighted by Crippen LogP contribution is 2.31. The predicted molar refractivity (Wildman–Crippen MR) is 123 cm³/mol. The second kappa shape index (κ2) is 10.6. The molecule has 0 saturated heterocycles. The van der Waals surface area contributed by atoms with Gasteiger partial charge >= 0.3 is 5.89 Å². The van der Waals surface area contributed by atoms with Crippen molar-refractivity contribution in [1.29, 1.82) is 5.26 Å². The van der Waals surface area contributed by atoms with Crippen LogP contribution >= 0.6 is 11.3 Å². The number of benzene rings is 2. The monoisotopic (exact) mass is 477 g/mol. The van der Waals surface area contributed by atoms with Gasteiger partial charge in [-0.15, -0.1) is 16.4 Å². The molecule has 2 heterocycles. The zero-order valence-electron chi connectivity index (χ0n) is 18.2. The summed E-state index contributed by atoms with van der Waals surface area (Å²) in [5.74, 6) is 0.990. The number of carbonyl (C=O) groups excluding carboxylic acids is 1. The number of nitriles is 1. The van der Waals surface area contributed by atoms with E-state index < -0.39 is 0 Å². The molecule has 0 bridgehead atoms. The first kappa shape index (κ1) is 22.9. The van der Waals surface area contributed by atoms with E-state index in [0.717, 1.165) is 0 Å². The summed E-state index contributed by atoms with van der Waals surface area (Å²) in [5.41, 5.74) is 0.911. The summed E-state index contributed by atoms with van der Waals surface area (Å²) in [5, 5.41) is 21.4. The minimum absolute atomic E-state index is 0.132. The SMILES string of the molecule is COC[C@@H](C)Oc1cc(Oc2cccc(-c3nnc(C#N)o3)c2)cc(C(=O)Nc2nccs2)c1. The van der Waals surface area contributed by atoms with Gasteiger partial charge in [-0.1, -0.05) is 11.2 Å². The molecule has 0 saturated carbocycles. The molecule has 2 aromatic heterocycles. The molecule has 4 aromatic rings. The number of methoxy groups -OCH3 is 1. The lowest BCUT2D eigenvalue weighted by atomic mass is 10.1. The summed E-state index contributed by atoms with van der Waals surface area (Å²) in [4.78, 5) is 16.9. The largest absolute Gasteiger partial charge is 0.488 e. The van der Waals surface area contributed by atoms with Gasteiger partial charge in [0.1, 0.15) is 23.4 Å². The van der Waals surface area contributed by atoms with Crippen LogP contribution in [0, 0.1) is 11.3 Å². The highest BCUT2D eigenvalue weighted by Gasteiger charge is 2.15. The first-order chi connectivity index (χ1) is 16.5. The van der Waals surface area contributed by atoms with Gasteiger partial charge in [0.15, 0.2) is 11.2 Å². The molecule has 0 aliphatic rings. The van der Waals surface area contributed by atoms with Crippen molar-refractivity contribution in [2.75, 3.05) is 19.0 Å². The highest BCUT2D eigenvalue weighted by atomic mass is 32.1. The van der Waals surface area contributed by atoms with Gasteiger partial charge < -0.3 is 18.6 Å². The third-order valence-corrected chi connectivity index (χ3v) is 5.06. The van der Waals surface area contributed by atoms with E-state index in [-0.39, 0.29) is 23.8 Å². The van der Waals surface area contributed by atoms with E-state index in [9.17, 15) is 4.79 Å². The van der Waals surface area contributed by atoms with Gasteiger partial charge in [-0.25, -0.2) is 4.98 Å². The van der Waals surface area contributed by atoms with E-state index in [2.05, 4.69) is 20.5 Å². The molecule has 172 valence electrons. The third kappa shape index (κ3) is 5.74. The first-order valence-corrected chi connectivity index (χ1v) is 11.0. The molecule has 0 unspecified atom stereocenters. The molecular formula is C23H19N5O5S. The van der Waals surface area contributed by atoms with Gasteiger partial charge in [0.2, 0.25) is 5.89 Å². The fourth-order valence-electron chi connectivity index (χ4n) is 3.00. The Kier molecular flexibility index (Phi) is 7.12. The van der Waals surface area contributed by atoms with Crippen molar-refractivity contribution in [2.45, 2.75) is 13.0 Å². The summed E-state index contributed by atoms with van der Waals surface area (Å²) < 4.78 is 22.3. The lowest BCUT2D eigenvalue weighted by Gasteiger charge is -2.16. The number of ether oxygens (including phenoxy) is 3. The predicted octanol–water partition coefficient (Wildman–Crippen LogP) is 4.52. The van der Waals surface area contributed by atoms with E-state index in [4.69, 9.17) is 23.9 Å². The second-order valence-corrected chi connectivity index (χ2v) is 7.92. The number of amides is 1. The average Bonchev–Trinajstić information content (AvgIpc) is 3.51. The molecule has 34 heavy (non-hydrogen) atoms. The minimum Gasteiger partial charge on any atom is -0.488 e. The number of carbonyl (C=O) groups is 1. The van der Waals surface area contributed by atoms with Gasteiger partial charge in [0, 0.05) is 35.9 Å². The molecule has 0 spiro atoms. The second-order valence-electron chi connectivity index (χ2n) is 7.02. The van der Waals surface area contributed by atoms with E-state index in [0.29, 0.717) is 40.1 Å². The Balaban J connectivity index is 1.61. The van der Waals surface area contributed by atoms with Crippen molar-refractivity contribution in [3.05, 3.63) is 65.5 Å². The van der Waals surface area contributed by atoms with Crippen LogP contribution in [0.25, 0.3) is 11.5 Å². The topological polar surface area (TPSA) is 132 Å². The van der Waals surface area contributed by atoms with Crippen molar-refractivity contribution in [3.8, 4) is 34.8 Å². The standard InChI is InChI=1S/C23H19N5O5S/c1-14(13-30-2)31-18-9-16(21(29)26-23-25-6-7-34-23)10-19(11-18)32-17-5-3-4-15(8-17)22-28-27-20(12-24)33-22/h3-11,14H,13H2,1-2H3,(H,25,26,29)/t14-/m1/s1. The summed E-state index contributed by atoms with van der Waals surface area (Å²) in [6.45, 7) is 2.23. The van der Waals surface area contributed by atoms with Crippen molar-refractivity contribution in [1.82, 2.24) is 15.2 Å². The van der Waals surface area contributed by atoms with Crippen LogP contribution in [0.2, 0.25) is 0 Å². The van der Waals surface area contributed by atoms with Gasteiger partial charge in [0.25, 0.3) is 5.91 Å². The zero-order valence-corrected chi connectivity index (χ0v) is 19.0. The molecule has 0 aliphatic carbocycles. The van der Waals surface area contributed by atoms with Crippen LogP contribution in [-0.2, 0) is 4.74 Å². The van der Waals surface area contributed by atoms with Crippen LogP contribution in [0.1, 0.15) is 23.2 Å². The number of nitrogens with one attached hydrogen (secondary N) is 1. The molecule has 1 N–H and O–H groups in total.